The summed E-state index contributed by atoms with van der Waals surface area (Å²) in [6.45, 7) is 5.33. The number of rotatable bonds is 8. The highest BCUT2D eigenvalue weighted by Gasteiger charge is 2.02. The maximum atomic E-state index is 8.84. The monoisotopic (exact) mass is 244 g/mol. The highest BCUT2D eigenvalue weighted by atomic mass is 14.9. The van der Waals surface area contributed by atoms with Crippen LogP contribution in [0.2, 0.25) is 0 Å². The van der Waals surface area contributed by atoms with E-state index < -0.39 is 0 Å². The van der Waals surface area contributed by atoms with Crippen LogP contribution in [0.1, 0.15) is 57.1 Å². The van der Waals surface area contributed by atoms with Crippen LogP contribution in [0, 0.1) is 11.3 Å². The Labute approximate surface area is 111 Å². The van der Waals surface area contributed by atoms with Gasteiger partial charge in [0, 0.05) is 12.6 Å². The Morgan fingerprint density at radius 3 is 2.83 bits per heavy atom. The van der Waals surface area contributed by atoms with Gasteiger partial charge in [-0.3, -0.25) is 0 Å². The van der Waals surface area contributed by atoms with Gasteiger partial charge in [0.15, 0.2) is 0 Å². The largest absolute Gasteiger partial charge is 0.310 e. The van der Waals surface area contributed by atoms with Crippen LogP contribution in [0.25, 0.3) is 0 Å². The van der Waals surface area contributed by atoms with Gasteiger partial charge in [-0.2, -0.15) is 5.26 Å². The van der Waals surface area contributed by atoms with Gasteiger partial charge in [-0.25, -0.2) is 0 Å². The Hall–Kier alpha value is -1.33. The zero-order valence-electron chi connectivity index (χ0n) is 11.6. The van der Waals surface area contributed by atoms with E-state index in [1.54, 1.807) is 0 Å². The lowest BCUT2D eigenvalue weighted by Gasteiger charge is -2.13. The van der Waals surface area contributed by atoms with E-state index in [0.29, 0.717) is 6.04 Å². The molecule has 2 heteroatoms. The summed E-state index contributed by atoms with van der Waals surface area (Å²) >= 11 is 0. The summed E-state index contributed by atoms with van der Waals surface area (Å²) in [5, 5.41) is 12.4. The van der Waals surface area contributed by atoms with E-state index in [-0.39, 0.29) is 0 Å². The molecule has 1 aromatic rings. The van der Waals surface area contributed by atoms with Gasteiger partial charge in [-0.15, -0.1) is 0 Å². The topological polar surface area (TPSA) is 35.8 Å². The molecule has 0 saturated heterocycles. The summed E-state index contributed by atoms with van der Waals surface area (Å²) in [5.41, 5.74) is 1.93. The molecule has 0 amide bonds. The van der Waals surface area contributed by atoms with Crippen molar-refractivity contribution < 1.29 is 0 Å². The Kier molecular flexibility index (Phi) is 7.13. The maximum Gasteiger partial charge on any atom is 0.0991 e. The Balaban J connectivity index is 2.25. The Morgan fingerprint density at radius 2 is 2.11 bits per heavy atom. The lowest BCUT2D eigenvalue weighted by Crippen LogP contribution is -2.25. The second-order valence-electron chi connectivity index (χ2n) is 4.94. The molecule has 0 fully saturated rings. The third-order valence-electron chi connectivity index (χ3n) is 3.20. The third-order valence-corrected chi connectivity index (χ3v) is 3.20. The molecule has 0 aliphatic carbocycles. The summed E-state index contributed by atoms with van der Waals surface area (Å²) in [7, 11) is 0. The van der Waals surface area contributed by atoms with Crippen molar-refractivity contribution in [2.45, 2.75) is 58.5 Å². The Bertz CT molecular complexity index is 379. The fourth-order valence-electron chi connectivity index (χ4n) is 2.02. The van der Waals surface area contributed by atoms with Crippen LogP contribution >= 0.6 is 0 Å². The second-order valence-corrected chi connectivity index (χ2v) is 4.94. The van der Waals surface area contributed by atoms with Gasteiger partial charge in [-0.05, 0) is 31.0 Å². The molecule has 0 bridgehead atoms. The average Bonchev–Trinajstić information content (AvgIpc) is 2.41. The van der Waals surface area contributed by atoms with Crippen LogP contribution in [0.4, 0.5) is 0 Å². The molecule has 98 valence electrons. The van der Waals surface area contributed by atoms with E-state index in [1.165, 1.54) is 37.7 Å². The van der Waals surface area contributed by atoms with E-state index in [1.807, 2.05) is 18.2 Å². The van der Waals surface area contributed by atoms with Crippen LogP contribution < -0.4 is 5.32 Å². The predicted octanol–water partition coefficient (Wildman–Crippen LogP) is 4.01. The minimum Gasteiger partial charge on any atom is -0.310 e. The molecule has 1 aromatic carbocycles. The van der Waals surface area contributed by atoms with Crippen molar-refractivity contribution in [2.75, 3.05) is 0 Å². The maximum absolute atomic E-state index is 8.84. The fraction of sp³-hybridized carbons (Fsp3) is 0.562. The minimum absolute atomic E-state index is 0.549. The molecule has 2 nitrogen and oxygen atoms in total. The molecular weight excluding hydrogens is 220 g/mol. The molecule has 0 saturated carbocycles. The van der Waals surface area contributed by atoms with Gasteiger partial charge in [-0.1, -0.05) is 44.7 Å². The molecule has 0 radical (unpaired) electrons. The zero-order chi connectivity index (χ0) is 13.2. The van der Waals surface area contributed by atoms with Crippen molar-refractivity contribution in [3.63, 3.8) is 0 Å². The number of nitrogens with zero attached hydrogens (tertiary/aromatic N) is 1. The molecule has 0 spiro atoms. The minimum atomic E-state index is 0.549. The number of unbranched alkanes of at least 4 members (excludes halogenated alkanes) is 3. The molecule has 1 rings (SSSR count). The number of hydrogen-bond donors (Lipinski definition) is 1. The summed E-state index contributed by atoms with van der Waals surface area (Å²) in [6.07, 6.45) is 6.52. The van der Waals surface area contributed by atoms with Crippen molar-refractivity contribution in [2.24, 2.45) is 0 Å². The first-order valence-corrected chi connectivity index (χ1v) is 6.98. The number of benzene rings is 1. The van der Waals surface area contributed by atoms with Gasteiger partial charge in [0.2, 0.25) is 0 Å². The molecule has 0 aliphatic rings. The van der Waals surface area contributed by atoms with Gasteiger partial charge in [0.05, 0.1) is 11.6 Å². The number of hydrogen-bond acceptors (Lipinski definition) is 2. The van der Waals surface area contributed by atoms with Crippen LogP contribution in [-0.2, 0) is 6.54 Å². The van der Waals surface area contributed by atoms with Crippen LogP contribution in [-0.4, -0.2) is 6.04 Å². The van der Waals surface area contributed by atoms with Crippen molar-refractivity contribution >= 4 is 0 Å². The SMILES string of the molecule is CCCCCCC(C)NCc1cccc(C#N)c1. The standard InChI is InChI=1S/C16H24N2/c1-3-4-5-6-8-14(2)18-13-16-10-7-9-15(11-16)12-17/h7,9-11,14,18H,3-6,8,13H2,1-2H3. The van der Waals surface area contributed by atoms with E-state index in [9.17, 15) is 0 Å². The first kappa shape index (κ1) is 14.7. The fourth-order valence-corrected chi connectivity index (χ4v) is 2.02. The summed E-state index contributed by atoms with van der Waals surface area (Å²) in [4.78, 5) is 0. The van der Waals surface area contributed by atoms with E-state index in [2.05, 4.69) is 31.3 Å². The molecular formula is C16H24N2. The van der Waals surface area contributed by atoms with Crippen molar-refractivity contribution in [3.05, 3.63) is 35.4 Å². The molecule has 18 heavy (non-hydrogen) atoms. The van der Waals surface area contributed by atoms with Gasteiger partial charge in [0.25, 0.3) is 0 Å². The molecule has 1 atom stereocenters. The first-order valence-electron chi connectivity index (χ1n) is 6.98. The summed E-state index contributed by atoms with van der Waals surface area (Å²) in [6, 6.07) is 10.5. The average molecular weight is 244 g/mol. The van der Waals surface area contributed by atoms with Crippen LogP contribution in [0.3, 0.4) is 0 Å². The summed E-state index contributed by atoms with van der Waals surface area (Å²) < 4.78 is 0. The van der Waals surface area contributed by atoms with E-state index >= 15 is 0 Å². The third kappa shape index (κ3) is 5.84. The van der Waals surface area contributed by atoms with Crippen LogP contribution in [0.15, 0.2) is 24.3 Å². The molecule has 1 unspecified atom stereocenters. The zero-order valence-corrected chi connectivity index (χ0v) is 11.6. The second kappa shape index (κ2) is 8.72. The number of nitrogens with one attached hydrogen (secondary N) is 1. The Morgan fingerprint density at radius 1 is 1.28 bits per heavy atom. The van der Waals surface area contributed by atoms with Gasteiger partial charge >= 0.3 is 0 Å². The smallest absolute Gasteiger partial charge is 0.0991 e. The molecule has 0 aromatic heterocycles. The van der Waals surface area contributed by atoms with E-state index in [4.69, 9.17) is 5.26 Å². The highest BCUT2D eigenvalue weighted by Crippen LogP contribution is 2.07. The molecule has 0 aliphatic heterocycles. The predicted molar refractivity (Wildman–Crippen MR) is 76.2 cm³/mol. The lowest BCUT2D eigenvalue weighted by atomic mass is 10.1. The lowest BCUT2D eigenvalue weighted by molar-refractivity contribution is 0.482. The van der Waals surface area contributed by atoms with Gasteiger partial charge in [0.1, 0.15) is 0 Å². The van der Waals surface area contributed by atoms with Crippen molar-refractivity contribution in [1.29, 1.82) is 5.26 Å². The van der Waals surface area contributed by atoms with Gasteiger partial charge < -0.3 is 5.32 Å². The molecule has 1 N–H and O–H groups in total. The summed E-state index contributed by atoms with van der Waals surface area (Å²) in [5.74, 6) is 0. The van der Waals surface area contributed by atoms with Crippen molar-refractivity contribution in [3.8, 4) is 6.07 Å². The normalized spacial score (nSPS) is 12.1. The highest BCUT2D eigenvalue weighted by molar-refractivity contribution is 5.32. The van der Waals surface area contributed by atoms with Crippen LogP contribution in [0.5, 0.6) is 0 Å². The van der Waals surface area contributed by atoms with E-state index in [0.717, 1.165) is 12.1 Å². The quantitative estimate of drug-likeness (QED) is 0.701. The molecule has 0 heterocycles. The first-order chi connectivity index (χ1) is 8.76. The van der Waals surface area contributed by atoms with Crippen molar-refractivity contribution in [1.82, 2.24) is 5.32 Å². The number of nitriles is 1.